The van der Waals surface area contributed by atoms with Gasteiger partial charge < -0.3 is 10.4 Å². The van der Waals surface area contributed by atoms with Gasteiger partial charge in [0.2, 0.25) is 0 Å². The molecule has 2 heteroatoms. The number of rotatable bonds is 6. The van der Waals surface area contributed by atoms with Crippen LogP contribution >= 0.6 is 0 Å². The summed E-state index contributed by atoms with van der Waals surface area (Å²) in [6.45, 7) is 5.86. The van der Waals surface area contributed by atoms with Crippen LogP contribution in [0.1, 0.15) is 46.0 Å². The molecule has 0 aromatic rings. The van der Waals surface area contributed by atoms with Crippen molar-refractivity contribution in [3.05, 3.63) is 0 Å². The molecule has 0 spiro atoms. The van der Waals surface area contributed by atoms with Crippen LogP contribution < -0.4 is 5.32 Å². The molecule has 2 nitrogen and oxygen atoms in total. The van der Waals surface area contributed by atoms with Crippen molar-refractivity contribution >= 4 is 0 Å². The van der Waals surface area contributed by atoms with Crippen LogP contribution in [0.3, 0.4) is 0 Å². The molecule has 1 aliphatic carbocycles. The number of nitrogens with one attached hydrogen (secondary N) is 1. The molecule has 78 valence electrons. The third kappa shape index (κ3) is 4.10. The Kier molecular flexibility index (Phi) is 4.20. The van der Waals surface area contributed by atoms with E-state index < -0.39 is 5.60 Å². The molecule has 0 aromatic heterocycles. The van der Waals surface area contributed by atoms with Crippen LogP contribution in [0.4, 0.5) is 0 Å². The van der Waals surface area contributed by atoms with Crippen molar-refractivity contribution in [2.24, 2.45) is 5.92 Å². The van der Waals surface area contributed by atoms with Crippen molar-refractivity contribution < 1.29 is 5.11 Å². The van der Waals surface area contributed by atoms with Gasteiger partial charge in [0.1, 0.15) is 0 Å². The molecule has 0 aromatic carbocycles. The maximum atomic E-state index is 10.0. The zero-order valence-corrected chi connectivity index (χ0v) is 8.97. The number of aliphatic hydroxyl groups is 1. The molecule has 1 fully saturated rings. The summed E-state index contributed by atoms with van der Waals surface area (Å²) >= 11 is 0. The monoisotopic (exact) mass is 185 g/mol. The summed E-state index contributed by atoms with van der Waals surface area (Å²) in [7, 11) is 0. The molecule has 1 rings (SSSR count). The highest BCUT2D eigenvalue weighted by atomic mass is 16.3. The Labute approximate surface area is 81.7 Å². The quantitative estimate of drug-likeness (QED) is 0.620. The van der Waals surface area contributed by atoms with E-state index in [1.807, 2.05) is 6.92 Å². The molecule has 2 N–H and O–H groups in total. The van der Waals surface area contributed by atoms with E-state index in [-0.39, 0.29) is 0 Å². The summed E-state index contributed by atoms with van der Waals surface area (Å²) in [6, 6.07) is 0. The van der Waals surface area contributed by atoms with Gasteiger partial charge in [-0.1, -0.05) is 26.2 Å². The molecule has 0 radical (unpaired) electrons. The van der Waals surface area contributed by atoms with Crippen molar-refractivity contribution in [2.75, 3.05) is 13.1 Å². The Hall–Kier alpha value is -0.0800. The van der Waals surface area contributed by atoms with Crippen LogP contribution in [0, 0.1) is 5.92 Å². The molecule has 0 heterocycles. The third-order valence-electron chi connectivity index (χ3n) is 2.89. The fourth-order valence-corrected chi connectivity index (χ4v) is 1.93. The van der Waals surface area contributed by atoms with E-state index in [2.05, 4.69) is 12.2 Å². The van der Waals surface area contributed by atoms with Crippen LogP contribution in [0.2, 0.25) is 0 Å². The second kappa shape index (κ2) is 4.97. The minimum Gasteiger partial charge on any atom is -0.389 e. The predicted molar refractivity (Wildman–Crippen MR) is 55.7 cm³/mol. The van der Waals surface area contributed by atoms with Gasteiger partial charge in [0.25, 0.3) is 0 Å². The Morgan fingerprint density at radius 1 is 1.46 bits per heavy atom. The van der Waals surface area contributed by atoms with Crippen LogP contribution in [0.5, 0.6) is 0 Å². The standard InChI is InChI=1S/C11H23NO/c1-3-7-12-9-11(2,13)8-10-5-4-6-10/h10,12-13H,3-9H2,1-2H3. The lowest BCUT2D eigenvalue weighted by Crippen LogP contribution is -2.40. The smallest absolute Gasteiger partial charge is 0.0746 e. The summed E-state index contributed by atoms with van der Waals surface area (Å²) in [5, 5.41) is 13.3. The van der Waals surface area contributed by atoms with E-state index in [0.29, 0.717) is 0 Å². The largest absolute Gasteiger partial charge is 0.389 e. The molecule has 1 aliphatic rings. The zero-order chi connectivity index (χ0) is 9.73. The maximum absolute atomic E-state index is 10.0. The van der Waals surface area contributed by atoms with E-state index in [1.54, 1.807) is 0 Å². The fourth-order valence-electron chi connectivity index (χ4n) is 1.93. The highest BCUT2D eigenvalue weighted by Gasteiger charge is 2.28. The molecular formula is C11H23NO. The first-order valence-corrected chi connectivity index (χ1v) is 5.57. The zero-order valence-electron chi connectivity index (χ0n) is 8.97. The van der Waals surface area contributed by atoms with Crippen LogP contribution in [-0.4, -0.2) is 23.8 Å². The van der Waals surface area contributed by atoms with Crippen molar-refractivity contribution in [1.82, 2.24) is 5.32 Å². The summed E-state index contributed by atoms with van der Waals surface area (Å²) < 4.78 is 0. The third-order valence-corrected chi connectivity index (χ3v) is 2.89. The lowest BCUT2D eigenvalue weighted by molar-refractivity contribution is 0.0207. The Balaban J connectivity index is 2.11. The molecular weight excluding hydrogens is 162 g/mol. The predicted octanol–water partition coefficient (Wildman–Crippen LogP) is 1.93. The summed E-state index contributed by atoms with van der Waals surface area (Å²) in [5.74, 6) is 0.790. The van der Waals surface area contributed by atoms with Crippen molar-refractivity contribution in [3.63, 3.8) is 0 Å². The van der Waals surface area contributed by atoms with Gasteiger partial charge >= 0.3 is 0 Å². The normalized spacial score (nSPS) is 22.4. The first-order valence-electron chi connectivity index (χ1n) is 5.57. The average Bonchev–Trinajstić information content (AvgIpc) is 1.98. The molecule has 1 unspecified atom stereocenters. The number of hydrogen-bond donors (Lipinski definition) is 2. The molecule has 0 saturated heterocycles. The Morgan fingerprint density at radius 2 is 2.15 bits per heavy atom. The van der Waals surface area contributed by atoms with Gasteiger partial charge in [0.15, 0.2) is 0 Å². The van der Waals surface area contributed by atoms with Gasteiger partial charge in [-0.2, -0.15) is 0 Å². The molecule has 13 heavy (non-hydrogen) atoms. The minimum absolute atomic E-state index is 0.486. The van der Waals surface area contributed by atoms with Gasteiger partial charge in [-0.15, -0.1) is 0 Å². The summed E-state index contributed by atoms with van der Waals surface area (Å²) in [5.41, 5.74) is -0.486. The highest BCUT2D eigenvalue weighted by molar-refractivity contribution is 4.82. The number of hydrogen-bond acceptors (Lipinski definition) is 2. The topological polar surface area (TPSA) is 32.3 Å². The first kappa shape index (κ1) is 11.0. The molecule has 0 amide bonds. The van der Waals surface area contributed by atoms with Crippen LogP contribution in [0.25, 0.3) is 0 Å². The van der Waals surface area contributed by atoms with Crippen LogP contribution in [0.15, 0.2) is 0 Å². The van der Waals surface area contributed by atoms with Gasteiger partial charge in [0.05, 0.1) is 5.60 Å². The molecule has 0 aliphatic heterocycles. The lowest BCUT2D eigenvalue weighted by atomic mass is 9.78. The highest BCUT2D eigenvalue weighted by Crippen LogP contribution is 2.33. The molecule has 0 bridgehead atoms. The summed E-state index contributed by atoms with van der Waals surface area (Å²) in [6.07, 6.45) is 6.13. The van der Waals surface area contributed by atoms with Crippen molar-refractivity contribution in [2.45, 2.75) is 51.6 Å². The van der Waals surface area contributed by atoms with E-state index in [1.165, 1.54) is 19.3 Å². The molecule has 1 saturated carbocycles. The minimum atomic E-state index is -0.486. The molecule has 1 atom stereocenters. The second-order valence-corrected chi connectivity index (χ2v) is 4.67. The van der Waals surface area contributed by atoms with E-state index in [0.717, 1.165) is 31.8 Å². The average molecular weight is 185 g/mol. The first-order chi connectivity index (χ1) is 6.14. The van der Waals surface area contributed by atoms with E-state index >= 15 is 0 Å². The van der Waals surface area contributed by atoms with E-state index in [4.69, 9.17) is 0 Å². The van der Waals surface area contributed by atoms with Gasteiger partial charge in [-0.25, -0.2) is 0 Å². The van der Waals surface area contributed by atoms with Gasteiger partial charge in [-0.3, -0.25) is 0 Å². The van der Waals surface area contributed by atoms with Crippen molar-refractivity contribution in [1.29, 1.82) is 0 Å². The summed E-state index contributed by atoms with van der Waals surface area (Å²) in [4.78, 5) is 0. The maximum Gasteiger partial charge on any atom is 0.0746 e. The Morgan fingerprint density at radius 3 is 2.62 bits per heavy atom. The van der Waals surface area contributed by atoms with Crippen LogP contribution in [-0.2, 0) is 0 Å². The van der Waals surface area contributed by atoms with Gasteiger partial charge in [0, 0.05) is 6.54 Å². The lowest BCUT2D eigenvalue weighted by Gasteiger charge is -2.33. The Bertz CT molecular complexity index is 141. The fraction of sp³-hybridized carbons (Fsp3) is 1.00. The second-order valence-electron chi connectivity index (χ2n) is 4.67. The SMILES string of the molecule is CCCNCC(C)(O)CC1CCC1. The van der Waals surface area contributed by atoms with Crippen molar-refractivity contribution in [3.8, 4) is 0 Å². The van der Waals surface area contributed by atoms with E-state index in [9.17, 15) is 5.11 Å². The van der Waals surface area contributed by atoms with Gasteiger partial charge in [-0.05, 0) is 32.2 Å².